The van der Waals surface area contributed by atoms with E-state index in [1.54, 1.807) is 18.7 Å². The number of rotatable bonds is 3. The number of fused-ring (bicyclic) bond motifs is 1. The van der Waals surface area contributed by atoms with Crippen molar-refractivity contribution < 1.29 is 13.2 Å². The van der Waals surface area contributed by atoms with E-state index in [1.807, 2.05) is 31.2 Å². The zero-order valence-corrected chi connectivity index (χ0v) is 14.0. The van der Waals surface area contributed by atoms with Gasteiger partial charge < -0.3 is 0 Å². The maximum Gasteiger partial charge on any atom is 0.416 e. The second-order valence-electron chi connectivity index (χ2n) is 5.29. The van der Waals surface area contributed by atoms with Gasteiger partial charge in [-0.25, -0.2) is 9.97 Å². The molecule has 1 heterocycles. The first-order chi connectivity index (χ1) is 11.4. The molecule has 3 rings (SSSR count). The average Bonchev–Trinajstić information content (AvgIpc) is 2.54. The van der Waals surface area contributed by atoms with Gasteiger partial charge in [0.25, 0.3) is 0 Å². The molecule has 0 atom stereocenters. The van der Waals surface area contributed by atoms with Crippen LogP contribution in [0.4, 0.5) is 13.2 Å². The van der Waals surface area contributed by atoms with Crippen LogP contribution >= 0.6 is 11.8 Å². The standard InChI is InChI=1S/C18H15F3N2S/c1-3-24-16-7-5-4-6-14(16)17-22-11(2)13-9-8-12(18(19,20)21)10-15(13)23-17/h4-10H,3H2,1-2H3. The number of nitrogens with zero attached hydrogens (tertiary/aromatic N) is 2. The molecule has 2 nitrogen and oxygen atoms in total. The zero-order valence-electron chi connectivity index (χ0n) is 13.2. The summed E-state index contributed by atoms with van der Waals surface area (Å²) in [6.45, 7) is 3.83. The van der Waals surface area contributed by atoms with Crippen LogP contribution in [0.25, 0.3) is 22.3 Å². The molecular weight excluding hydrogens is 333 g/mol. The molecule has 0 saturated carbocycles. The van der Waals surface area contributed by atoms with Gasteiger partial charge >= 0.3 is 6.18 Å². The fourth-order valence-electron chi connectivity index (χ4n) is 2.52. The summed E-state index contributed by atoms with van der Waals surface area (Å²) < 4.78 is 38.9. The lowest BCUT2D eigenvalue weighted by Gasteiger charge is -2.11. The Bertz CT molecular complexity index is 891. The summed E-state index contributed by atoms with van der Waals surface area (Å²) >= 11 is 1.66. The summed E-state index contributed by atoms with van der Waals surface area (Å²) in [4.78, 5) is 9.92. The van der Waals surface area contributed by atoms with Gasteiger partial charge in [0.15, 0.2) is 5.82 Å². The molecule has 0 saturated heterocycles. The summed E-state index contributed by atoms with van der Waals surface area (Å²) in [5.41, 5.74) is 1.12. The van der Waals surface area contributed by atoms with Crippen molar-refractivity contribution in [3.05, 3.63) is 53.7 Å². The van der Waals surface area contributed by atoms with E-state index in [0.29, 0.717) is 22.4 Å². The van der Waals surface area contributed by atoms with E-state index in [4.69, 9.17) is 0 Å². The quantitative estimate of drug-likeness (QED) is 0.565. The third-order valence-corrected chi connectivity index (χ3v) is 4.60. The Morgan fingerprint density at radius 1 is 1.04 bits per heavy atom. The molecule has 0 fully saturated rings. The molecule has 6 heteroatoms. The summed E-state index contributed by atoms with van der Waals surface area (Å²) in [5.74, 6) is 1.35. The van der Waals surface area contributed by atoms with Crippen LogP contribution in [0.2, 0.25) is 0 Å². The molecule has 124 valence electrons. The molecule has 0 spiro atoms. The first-order valence-electron chi connectivity index (χ1n) is 7.48. The first-order valence-corrected chi connectivity index (χ1v) is 8.46. The van der Waals surface area contributed by atoms with Crippen molar-refractivity contribution in [3.63, 3.8) is 0 Å². The van der Waals surface area contributed by atoms with Crippen LogP contribution in [0, 0.1) is 6.92 Å². The molecule has 0 unspecified atom stereocenters. The van der Waals surface area contributed by atoms with Gasteiger partial charge in [0, 0.05) is 21.5 Å². The van der Waals surface area contributed by atoms with E-state index in [1.165, 1.54) is 6.07 Å². The number of hydrogen-bond acceptors (Lipinski definition) is 3. The normalized spacial score (nSPS) is 11.9. The molecule has 0 bridgehead atoms. The molecule has 0 amide bonds. The minimum atomic E-state index is -4.39. The summed E-state index contributed by atoms with van der Waals surface area (Å²) in [6, 6.07) is 11.3. The molecule has 0 aliphatic heterocycles. The third-order valence-electron chi connectivity index (χ3n) is 3.64. The lowest BCUT2D eigenvalue weighted by molar-refractivity contribution is -0.137. The van der Waals surface area contributed by atoms with Gasteiger partial charge in [-0.05, 0) is 30.9 Å². The van der Waals surface area contributed by atoms with Crippen LogP contribution in [0.5, 0.6) is 0 Å². The lowest BCUT2D eigenvalue weighted by atomic mass is 10.1. The van der Waals surface area contributed by atoms with E-state index in [0.717, 1.165) is 28.3 Å². The van der Waals surface area contributed by atoms with Crippen molar-refractivity contribution in [1.29, 1.82) is 0 Å². The third kappa shape index (κ3) is 3.24. The van der Waals surface area contributed by atoms with Gasteiger partial charge in [-0.3, -0.25) is 0 Å². The highest BCUT2D eigenvalue weighted by Gasteiger charge is 2.30. The Kier molecular flexibility index (Phi) is 4.49. The summed E-state index contributed by atoms with van der Waals surface area (Å²) in [7, 11) is 0. The molecule has 0 aliphatic carbocycles. The Morgan fingerprint density at radius 2 is 1.79 bits per heavy atom. The van der Waals surface area contributed by atoms with Crippen LogP contribution in [0.3, 0.4) is 0 Å². The van der Waals surface area contributed by atoms with E-state index in [-0.39, 0.29) is 0 Å². The minimum absolute atomic E-state index is 0.309. The van der Waals surface area contributed by atoms with E-state index >= 15 is 0 Å². The highest BCUT2D eigenvalue weighted by molar-refractivity contribution is 7.99. The number of halogens is 3. The van der Waals surface area contributed by atoms with E-state index < -0.39 is 11.7 Å². The van der Waals surface area contributed by atoms with Crippen molar-refractivity contribution in [3.8, 4) is 11.4 Å². The van der Waals surface area contributed by atoms with Gasteiger partial charge in [-0.15, -0.1) is 11.8 Å². The van der Waals surface area contributed by atoms with Crippen LogP contribution < -0.4 is 0 Å². The molecule has 0 aliphatic rings. The number of thioether (sulfide) groups is 1. The Hall–Kier alpha value is -2.08. The number of hydrogen-bond donors (Lipinski definition) is 0. The molecule has 0 radical (unpaired) electrons. The van der Waals surface area contributed by atoms with Crippen LogP contribution in [-0.4, -0.2) is 15.7 Å². The van der Waals surface area contributed by atoms with Gasteiger partial charge in [-0.1, -0.05) is 31.2 Å². The molecule has 3 aromatic rings. The number of benzene rings is 2. The molecule has 2 aromatic carbocycles. The zero-order chi connectivity index (χ0) is 17.3. The average molecular weight is 348 g/mol. The number of aromatic nitrogens is 2. The van der Waals surface area contributed by atoms with Crippen LogP contribution in [-0.2, 0) is 6.18 Å². The largest absolute Gasteiger partial charge is 0.416 e. The lowest BCUT2D eigenvalue weighted by Crippen LogP contribution is -2.05. The van der Waals surface area contributed by atoms with Gasteiger partial charge in [0.2, 0.25) is 0 Å². The summed E-state index contributed by atoms with van der Waals surface area (Å²) in [5, 5.41) is 0.632. The van der Waals surface area contributed by atoms with Crippen molar-refractivity contribution in [2.75, 3.05) is 5.75 Å². The van der Waals surface area contributed by atoms with E-state index in [2.05, 4.69) is 9.97 Å². The van der Waals surface area contributed by atoms with Gasteiger partial charge in [0.05, 0.1) is 11.1 Å². The minimum Gasteiger partial charge on any atom is -0.233 e. The van der Waals surface area contributed by atoms with Crippen molar-refractivity contribution >= 4 is 22.7 Å². The molecule has 1 aromatic heterocycles. The topological polar surface area (TPSA) is 25.8 Å². The van der Waals surface area contributed by atoms with Crippen molar-refractivity contribution in [2.45, 2.75) is 24.9 Å². The predicted molar refractivity (Wildman–Crippen MR) is 91.1 cm³/mol. The van der Waals surface area contributed by atoms with Gasteiger partial charge in [0.1, 0.15) is 0 Å². The highest BCUT2D eigenvalue weighted by atomic mass is 32.2. The number of alkyl halides is 3. The van der Waals surface area contributed by atoms with E-state index in [9.17, 15) is 13.2 Å². The predicted octanol–water partition coefficient (Wildman–Crippen LogP) is 5.74. The molecule has 0 N–H and O–H groups in total. The highest BCUT2D eigenvalue weighted by Crippen LogP contribution is 2.33. The van der Waals surface area contributed by atoms with Crippen LogP contribution in [0.15, 0.2) is 47.4 Å². The second-order valence-corrected chi connectivity index (χ2v) is 6.60. The Morgan fingerprint density at radius 3 is 2.50 bits per heavy atom. The van der Waals surface area contributed by atoms with Gasteiger partial charge in [-0.2, -0.15) is 13.2 Å². The van der Waals surface area contributed by atoms with Crippen molar-refractivity contribution in [2.24, 2.45) is 0 Å². The molecule has 24 heavy (non-hydrogen) atoms. The number of aryl methyl sites for hydroxylation is 1. The van der Waals surface area contributed by atoms with Crippen molar-refractivity contribution in [1.82, 2.24) is 9.97 Å². The smallest absolute Gasteiger partial charge is 0.233 e. The van der Waals surface area contributed by atoms with Crippen LogP contribution in [0.1, 0.15) is 18.2 Å². The fraction of sp³-hybridized carbons (Fsp3) is 0.222. The fourth-order valence-corrected chi connectivity index (χ4v) is 3.32. The Balaban J connectivity index is 2.20. The Labute approximate surface area is 142 Å². The second kappa shape index (κ2) is 6.43. The monoisotopic (exact) mass is 348 g/mol. The maximum atomic E-state index is 13.0. The summed E-state index contributed by atoms with van der Waals surface area (Å²) in [6.07, 6.45) is -4.39. The SMILES string of the molecule is CCSc1ccccc1-c1nc(C)c2ccc(C(F)(F)F)cc2n1. The molecular formula is C18H15F3N2S. The first kappa shape index (κ1) is 16.8. The maximum absolute atomic E-state index is 13.0.